The van der Waals surface area contributed by atoms with Gasteiger partial charge >= 0.3 is 0 Å². The summed E-state index contributed by atoms with van der Waals surface area (Å²) in [7, 11) is 0. The third-order valence-electron chi connectivity index (χ3n) is 3.82. The van der Waals surface area contributed by atoms with Crippen LogP contribution in [-0.4, -0.2) is 16.8 Å². The van der Waals surface area contributed by atoms with Crippen LogP contribution in [0.1, 0.15) is 23.3 Å². The number of rotatable bonds is 6. The van der Waals surface area contributed by atoms with Crippen LogP contribution in [0.4, 0.5) is 0 Å². The lowest BCUT2D eigenvalue weighted by atomic mass is 10.1. The summed E-state index contributed by atoms with van der Waals surface area (Å²) in [5.41, 5.74) is 6.86. The largest absolute Gasteiger partial charge is 0.361 e. The molecule has 1 aromatic carbocycles. The number of aromatic amines is 1. The highest BCUT2D eigenvalue weighted by Crippen LogP contribution is 2.23. The summed E-state index contributed by atoms with van der Waals surface area (Å²) < 4.78 is 1.09. The van der Waals surface area contributed by atoms with E-state index in [0.717, 1.165) is 33.1 Å². The Morgan fingerprint density at radius 3 is 2.68 bits per heavy atom. The second-order valence-electron chi connectivity index (χ2n) is 5.69. The van der Waals surface area contributed by atoms with Crippen molar-refractivity contribution in [2.45, 2.75) is 25.7 Å². The molecule has 0 saturated carbocycles. The first kappa shape index (κ1) is 17.7. The van der Waals surface area contributed by atoms with Gasteiger partial charge in [0.15, 0.2) is 0 Å². The molecular formula is C18H18BrN3O2S. The molecule has 3 aromatic rings. The SMILES string of the molecule is O=C(CCCc1ccc(Br)s1)NNC(=O)Cc1c[nH]c2ccccc12. The summed E-state index contributed by atoms with van der Waals surface area (Å²) in [4.78, 5) is 28.2. The third kappa shape index (κ3) is 4.93. The van der Waals surface area contributed by atoms with E-state index in [2.05, 4.69) is 37.8 Å². The number of fused-ring (bicyclic) bond motifs is 1. The van der Waals surface area contributed by atoms with E-state index in [-0.39, 0.29) is 18.2 Å². The zero-order valence-corrected chi connectivity index (χ0v) is 15.9. The molecule has 0 unspecified atom stereocenters. The Labute approximate surface area is 157 Å². The van der Waals surface area contributed by atoms with E-state index < -0.39 is 0 Å². The smallest absolute Gasteiger partial charge is 0.242 e. The number of para-hydroxylation sites is 1. The number of aryl methyl sites for hydroxylation is 1. The van der Waals surface area contributed by atoms with Crippen LogP contribution < -0.4 is 10.9 Å². The number of H-pyrrole nitrogens is 1. The molecule has 5 nitrogen and oxygen atoms in total. The van der Waals surface area contributed by atoms with Gasteiger partial charge in [-0.25, -0.2) is 0 Å². The Hall–Kier alpha value is -2.12. The minimum Gasteiger partial charge on any atom is -0.361 e. The monoisotopic (exact) mass is 419 g/mol. The first-order chi connectivity index (χ1) is 12.1. The fourth-order valence-electron chi connectivity index (χ4n) is 2.61. The molecule has 2 amide bonds. The maximum Gasteiger partial charge on any atom is 0.242 e. The molecule has 2 heterocycles. The van der Waals surface area contributed by atoms with E-state index in [1.807, 2.05) is 36.5 Å². The number of amides is 2. The fourth-order valence-corrected chi connectivity index (χ4v) is 4.13. The second-order valence-corrected chi connectivity index (χ2v) is 8.24. The molecule has 3 N–H and O–H groups in total. The fraction of sp³-hybridized carbons (Fsp3) is 0.222. The van der Waals surface area contributed by atoms with Crippen LogP contribution in [0.5, 0.6) is 0 Å². The van der Waals surface area contributed by atoms with Crippen molar-refractivity contribution in [3.05, 3.63) is 56.8 Å². The summed E-state index contributed by atoms with van der Waals surface area (Å²) >= 11 is 5.10. The summed E-state index contributed by atoms with van der Waals surface area (Å²) in [5.74, 6) is -0.414. The van der Waals surface area contributed by atoms with E-state index in [1.165, 1.54) is 4.88 Å². The number of hydrogen-bond donors (Lipinski definition) is 3. The molecule has 2 aromatic heterocycles. The molecule has 0 atom stereocenters. The van der Waals surface area contributed by atoms with Crippen molar-refractivity contribution in [1.29, 1.82) is 0 Å². The van der Waals surface area contributed by atoms with Crippen molar-refractivity contribution in [1.82, 2.24) is 15.8 Å². The van der Waals surface area contributed by atoms with E-state index in [0.29, 0.717) is 6.42 Å². The van der Waals surface area contributed by atoms with E-state index in [9.17, 15) is 9.59 Å². The zero-order valence-electron chi connectivity index (χ0n) is 13.5. The van der Waals surface area contributed by atoms with E-state index >= 15 is 0 Å². The summed E-state index contributed by atoms with van der Waals surface area (Å²) in [5, 5.41) is 1.02. The lowest BCUT2D eigenvalue weighted by Crippen LogP contribution is -2.42. The number of halogens is 1. The van der Waals surface area contributed by atoms with Gasteiger partial charge in [-0.3, -0.25) is 20.4 Å². The molecule has 130 valence electrons. The van der Waals surface area contributed by atoms with Crippen LogP contribution in [0.2, 0.25) is 0 Å². The van der Waals surface area contributed by atoms with Gasteiger partial charge < -0.3 is 4.98 Å². The normalized spacial score (nSPS) is 10.8. The van der Waals surface area contributed by atoms with Crippen LogP contribution in [-0.2, 0) is 22.4 Å². The Bertz CT molecular complexity index is 887. The Balaban J connectivity index is 1.40. The van der Waals surface area contributed by atoms with Gasteiger partial charge in [0.2, 0.25) is 11.8 Å². The molecule has 0 radical (unpaired) electrons. The molecule has 0 bridgehead atoms. The van der Waals surface area contributed by atoms with E-state index in [1.54, 1.807) is 11.3 Å². The predicted molar refractivity (Wildman–Crippen MR) is 103 cm³/mol. The average Bonchev–Trinajstić information content (AvgIpc) is 3.20. The zero-order chi connectivity index (χ0) is 17.6. The quantitative estimate of drug-likeness (QED) is 0.532. The Kier molecular flexibility index (Phi) is 5.88. The first-order valence-electron chi connectivity index (χ1n) is 7.99. The number of nitrogens with one attached hydrogen (secondary N) is 3. The molecule has 0 spiro atoms. The summed E-state index contributed by atoms with van der Waals surface area (Å²) in [6.45, 7) is 0. The Morgan fingerprint density at radius 1 is 1.08 bits per heavy atom. The lowest BCUT2D eigenvalue weighted by Gasteiger charge is -2.07. The number of benzene rings is 1. The molecule has 7 heteroatoms. The second kappa shape index (κ2) is 8.31. The van der Waals surface area contributed by atoms with Gasteiger partial charge in [-0.2, -0.15) is 0 Å². The van der Waals surface area contributed by atoms with Gasteiger partial charge in [0.25, 0.3) is 0 Å². The maximum atomic E-state index is 12.0. The molecule has 0 fully saturated rings. The van der Waals surface area contributed by atoms with Crippen LogP contribution in [0, 0.1) is 0 Å². The van der Waals surface area contributed by atoms with Crippen molar-refractivity contribution in [3.8, 4) is 0 Å². The van der Waals surface area contributed by atoms with Gasteiger partial charge in [0.05, 0.1) is 10.2 Å². The first-order valence-corrected chi connectivity index (χ1v) is 9.59. The van der Waals surface area contributed by atoms with Gasteiger partial charge in [-0.05, 0) is 52.5 Å². The number of thiophene rings is 1. The number of aromatic nitrogens is 1. The third-order valence-corrected chi connectivity index (χ3v) is 5.51. The molecule has 0 aliphatic heterocycles. The number of hydrazine groups is 1. The van der Waals surface area contributed by atoms with Crippen LogP contribution in [0.25, 0.3) is 10.9 Å². The topological polar surface area (TPSA) is 74.0 Å². The lowest BCUT2D eigenvalue weighted by molar-refractivity contribution is -0.128. The molecule has 0 aliphatic rings. The van der Waals surface area contributed by atoms with Gasteiger partial charge in [0.1, 0.15) is 0 Å². The van der Waals surface area contributed by atoms with Crippen LogP contribution >= 0.6 is 27.3 Å². The molecular weight excluding hydrogens is 402 g/mol. The number of carbonyl (C=O) groups excluding carboxylic acids is 2. The van der Waals surface area contributed by atoms with Crippen molar-refractivity contribution in [2.24, 2.45) is 0 Å². The molecule has 3 rings (SSSR count). The minimum atomic E-state index is -0.236. The predicted octanol–water partition coefficient (Wildman–Crippen LogP) is 3.70. The standard InChI is InChI=1S/C18H18BrN3O2S/c19-16-9-8-13(25-16)4-3-7-17(23)21-22-18(24)10-12-11-20-15-6-2-1-5-14(12)15/h1-2,5-6,8-9,11,20H,3-4,7,10H2,(H,21,23)(H,22,24). The highest BCUT2D eigenvalue weighted by atomic mass is 79.9. The molecule has 0 aliphatic carbocycles. The van der Waals surface area contributed by atoms with Crippen molar-refractivity contribution >= 4 is 50.0 Å². The highest BCUT2D eigenvalue weighted by molar-refractivity contribution is 9.11. The van der Waals surface area contributed by atoms with Crippen molar-refractivity contribution < 1.29 is 9.59 Å². The highest BCUT2D eigenvalue weighted by Gasteiger charge is 2.09. The van der Waals surface area contributed by atoms with Crippen molar-refractivity contribution in [3.63, 3.8) is 0 Å². The summed E-state index contributed by atoms with van der Waals surface area (Å²) in [6.07, 6.45) is 4.02. The molecule has 0 saturated heterocycles. The maximum absolute atomic E-state index is 12.0. The summed E-state index contributed by atoms with van der Waals surface area (Å²) in [6, 6.07) is 11.9. The Morgan fingerprint density at radius 2 is 1.88 bits per heavy atom. The minimum absolute atomic E-state index is 0.178. The van der Waals surface area contributed by atoms with Crippen LogP contribution in [0.3, 0.4) is 0 Å². The van der Waals surface area contributed by atoms with E-state index in [4.69, 9.17) is 0 Å². The van der Waals surface area contributed by atoms with Gasteiger partial charge in [-0.15, -0.1) is 11.3 Å². The van der Waals surface area contributed by atoms with Gasteiger partial charge in [0, 0.05) is 28.4 Å². The van der Waals surface area contributed by atoms with Crippen molar-refractivity contribution in [2.75, 3.05) is 0 Å². The van der Waals surface area contributed by atoms with Crippen LogP contribution in [0.15, 0.2) is 46.4 Å². The average molecular weight is 420 g/mol. The van der Waals surface area contributed by atoms with Gasteiger partial charge in [-0.1, -0.05) is 18.2 Å². The number of hydrogen-bond acceptors (Lipinski definition) is 3. The number of carbonyl (C=O) groups is 2. The molecule has 25 heavy (non-hydrogen) atoms.